The Bertz CT molecular complexity index is 220. The van der Waals surface area contributed by atoms with Crippen LogP contribution in [0.15, 0.2) is 0 Å². The van der Waals surface area contributed by atoms with Crippen molar-refractivity contribution in [1.82, 2.24) is 4.90 Å². The van der Waals surface area contributed by atoms with Gasteiger partial charge < -0.3 is 0 Å². The maximum absolute atomic E-state index is 12.1. The molecule has 0 atom stereocenters. The van der Waals surface area contributed by atoms with Crippen LogP contribution in [-0.2, 0) is 18.1 Å². The standard InChI is InChI=1S/C10H23FNO4P/c1-4-12(8-7-11)9-10-16-17(13,14-5-2)15-6-3/h4-10H2,1-3H3. The zero-order valence-corrected chi connectivity index (χ0v) is 11.7. The van der Waals surface area contributed by atoms with E-state index in [4.69, 9.17) is 13.6 Å². The van der Waals surface area contributed by atoms with Gasteiger partial charge in [0.05, 0.1) is 19.8 Å². The molecule has 7 heteroatoms. The zero-order valence-electron chi connectivity index (χ0n) is 10.9. The van der Waals surface area contributed by atoms with Crippen LogP contribution in [0.25, 0.3) is 0 Å². The Kier molecular flexibility index (Phi) is 9.97. The summed E-state index contributed by atoms with van der Waals surface area (Å²) in [5.74, 6) is 0. The first-order chi connectivity index (χ1) is 8.11. The molecule has 0 heterocycles. The molecule has 0 aliphatic heterocycles. The van der Waals surface area contributed by atoms with E-state index in [1.165, 1.54) is 0 Å². The third-order valence-corrected chi connectivity index (χ3v) is 3.73. The second-order valence-electron chi connectivity index (χ2n) is 3.24. The monoisotopic (exact) mass is 271 g/mol. The smallest absolute Gasteiger partial charge is 0.299 e. The van der Waals surface area contributed by atoms with Crippen molar-refractivity contribution < 1.29 is 22.5 Å². The summed E-state index contributed by atoms with van der Waals surface area (Å²) in [5, 5.41) is 0. The maximum Gasteiger partial charge on any atom is 0.474 e. The van der Waals surface area contributed by atoms with Crippen molar-refractivity contribution in [2.24, 2.45) is 0 Å². The number of phosphoric acid groups is 1. The summed E-state index contributed by atoms with van der Waals surface area (Å²) in [6.45, 7) is 7.28. The van der Waals surface area contributed by atoms with Gasteiger partial charge in [-0.2, -0.15) is 0 Å². The minimum Gasteiger partial charge on any atom is -0.299 e. The van der Waals surface area contributed by atoms with Crippen molar-refractivity contribution in [3.63, 3.8) is 0 Å². The molecule has 17 heavy (non-hydrogen) atoms. The van der Waals surface area contributed by atoms with Gasteiger partial charge in [0, 0.05) is 13.1 Å². The summed E-state index contributed by atoms with van der Waals surface area (Å²) < 4.78 is 39.1. The van der Waals surface area contributed by atoms with E-state index in [0.29, 0.717) is 13.1 Å². The van der Waals surface area contributed by atoms with Gasteiger partial charge in [0.25, 0.3) is 0 Å². The molecule has 0 spiro atoms. The van der Waals surface area contributed by atoms with Gasteiger partial charge in [-0.25, -0.2) is 8.96 Å². The number of likely N-dealkylation sites (N-methyl/N-ethyl adjacent to an activating group) is 1. The van der Waals surface area contributed by atoms with Crippen LogP contribution in [0.2, 0.25) is 0 Å². The second kappa shape index (κ2) is 9.97. The van der Waals surface area contributed by atoms with E-state index < -0.39 is 14.5 Å². The number of nitrogens with zero attached hydrogens (tertiary/aromatic N) is 1. The number of phosphoric ester groups is 1. The van der Waals surface area contributed by atoms with Crippen LogP contribution < -0.4 is 0 Å². The minimum atomic E-state index is -3.43. The van der Waals surface area contributed by atoms with E-state index in [1.54, 1.807) is 13.8 Å². The first-order valence-electron chi connectivity index (χ1n) is 5.93. The van der Waals surface area contributed by atoms with Gasteiger partial charge in [-0.05, 0) is 20.4 Å². The van der Waals surface area contributed by atoms with Gasteiger partial charge in [-0.15, -0.1) is 0 Å². The molecule has 0 amide bonds. The highest BCUT2D eigenvalue weighted by Gasteiger charge is 2.25. The lowest BCUT2D eigenvalue weighted by Crippen LogP contribution is -2.29. The number of halogens is 1. The van der Waals surface area contributed by atoms with E-state index in [0.717, 1.165) is 6.54 Å². The zero-order chi connectivity index (χ0) is 13.1. The molecule has 0 rings (SSSR count). The molecule has 0 aromatic rings. The van der Waals surface area contributed by atoms with Crippen LogP contribution in [-0.4, -0.2) is 51.0 Å². The molecule has 0 N–H and O–H groups in total. The molecule has 0 aliphatic rings. The third kappa shape index (κ3) is 7.84. The molecule has 0 aromatic heterocycles. The summed E-state index contributed by atoms with van der Waals surface area (Å²) in [4.78, 5) is 1.86. The predicted molar refractivity (Wildman–Crippen MR) is 64.9 cm³/mol. The van der Waals surface area contributed by atoms with Crippen LogP contribution in [0.5, 0.6) is 0 Å². The Labute approximate surface area is 103 Å². The second-order valence-corrected chi connectivity index (χ2v) is 4.91. The van der Waals surface area contributed by atoms with Gasteiger partial charge >= 0.3 is 7.82 Å². The summed E-state index contributed by atoms with van der Waals surface area (Å²) in [6.07, 6.45) is 0. The van der Waals surface area contributed by atoms with Crippen LogP contribution in [0.4, 0.5) is 4.39 Å². The number of alkyl halides is 1. The lowest BCUT2D eigenvalue weighted by Gasteiger charge is -2.21. The molecular weight excluding hydrogens is 248 g/mol. The fraction of sp³-hybridized carbons (Fsp3) is 1.00. The van der Waals surface area contributed by atoms with E-state index in [9.17, 15) is 8.96 Å². The number of hydrogen-bond acceptors (Lipinski definition) is 5. The van der Waals surface area contributed by atoms with E-state index >= 15 is 0 Å². The summed E-state index contributed by atoms with van der Waals surface area (Å²) in [6, 6.07) is 0. The van der Waals surface area contributed by atoms with Crippen molar-refractivity contribution in [3.8, 4) is 0 Å². The molecule has 104 valence electrons. The Morgan fingerprint density at radius 1 is 1.06 bits per heavy atom. The Morgan fingerprint density at radius 3 is 2.06 bits per heavy atom. The Balaban J connectivity index is 3.99. The Morgan fingerprint density at radius 2 is 1.65 bits per heavy atom. The van der Waals surface area contributed by atoms with Crippen molar-refractivity contribution in [1.29, 1.82) is 0 Å². The molecule has 0 aliphatic carbocycles. The molecule has 0 saturated carbocycles. The SMILES string of the molecule is CCOP(=O)(OCC)OCCN(CC)CCF. The fourth-order valence-electron chi connectivity index (χ4n) is 1.26. The summed E-state index contributed by atoms with van der Waals surface area (Å²) in [7, 11) is -3.43. The number of rotatable bonds is 11. The molecular formula is C10H23FNO4P. The third-order valence-electron chi connectivity index (χ3n) is 2.08. The average Bonchev–Trinajstić information content (AvgIpc) is 2.28. The predicted octanol–water partition coefficient (Wildman–Crippen LogP) is 2.48. The molecule has 0 fully saturated rings. The molecule has 0 aromatic carbocycles. The van der Waals surface area contributed by atoms with Crippen LogP contribution in [0.1, 0.15) is 20.8 Å². The summed E-state index contributed by atoms with van der Waals surface area (Å²) in [5.41, 5.74) is 0. The highest BCUT2D eigenvalue weighted by Crippen LogP contribution is 2.48. The first kappa shape index (κ1) is 17.0. The quantitative estimate of drug-likeness (QED) is 0.540. The number of hydrogen-bond donors (Lipinski definition) is 0. The minimum absolute atomic E-state index is 0.200. The summed E-state index contributed by atoms with van der Waals surface area (Å²) >= 11 is 0. The molecule has 0 saturated heterocycles. The van der Waals surface area contributed by atoms with Crippen LogP contribution >= 0.6 is 7.82 Å². The average molecular weight is 271 g/mol. The molecule has 0 radical (unpaired) electrons. The fourth-order valence-corrected chi connectivity index (χ4v) is 2.42. The maximum atomic E-state index is 12.1. The van der Waals surface area contributed by atoms with Crippen molar-refractivity contribution in [2.45, 2.75) is 20.8 Å². The van der Waals surface area contributed by atoms with E-state index in [1.807, 2.05) is 11.8 Å². The molecule has 5 nitrogen and oxygen atoms in total. The van der Waals surface area contributed by atoms with Gasteiger partial charge in [-0.1, -0.05) is 6.92 Å². The van der Waals surface area contributed by atoms with E-state index in [2.05, 4.69) is 0 Å². The normalized spacial score (nSPS) is 12.3. The van der Waals surface area contributed by atoms with Crippen LogP contribution in [0, 0.1) is 0 Å². The molecule has 0 unspecified atom stereocenters. The van der Waals surface area contributed by atoms with Crippen molar-refractivity contribution >= 4 is 7.82 Å². The highest BCUT2D eigenvalue weighted by atomic mass is 31.2. The lowest BCUT2D eigenvalue weighted by atomic mass is 10.5. The van der Waals surface area contributed by atoms with Crippen molar-refractivity contribution in [2.75, 3.05) is 46.1 Å². The van der Waals surface area contributed by atoms with Gasteiger partial charge in [-0.3, -0.25) is 18.5 Å². The van der Waals surface area contributed by atoms with Crippen molar-refractivity contribution in [3.05, 3.63) is 0 Å². The van der Waals surface area contributed by atoms with Gasteiger partial charge in [0.2, 0.25) is 0 Å². The van der Waals surface area contributed by atoms with Gasteiger partial charge in [0.15, 0.2) is 0 Å². The van der Waals surface area contributed by atoms with Crippen LogP contribution in [0.3, 0.4) is 0 Å². The first-order valence-corrected chi connectivity index (χ1v) is 7.39. The topological polar surface area (TPSA) is 48.0 Å². The highest BCUT2D eigenvalue weighted by molar-refractivity contribution is 7.48. The largest absolute Gasteiger partial charge is 0.474 e. The Hall–Kier alpha value is -0.0000000000000000278. The lowest BCUT2D eigenvalue weighted by molar-refractivity contribution is 0.108. The van der Waals surface area contributed by atoms with E-state index in [-0.39, 0.29) is 19.8 Å². The molecule has 0 bridgehead atoms. The van der Waals surface area contributed by atoms with Gasteiger partial charge in [0.1, 0.15) is 6.67 Å².